The molecule has 1 aromatic rings. The summed E-state index contributed by atoms with van der Waals surface area (Å²) >= 11 is 0. The van der Waals surface area contributed by atoms with Crippen molar-refractivity contribution in [2.45, 2.75) is 19.1 Å². The van der Waals surface area contributed by atoms with Crippen molar-refractivity contribution in [2.75, 3.05) is 0 Å². The van der Waals surface area contributed by atoms with Gasteiger partial charge in [0, 0.05) is 6.20 Å². The summed E-state index contributed by atoms with van der Waals surface area (Å²) in [7, 11) is 0. The minimum atomic E-state index is -1.17. The quantitative estimate of drug-likeness (QED) is 0.680. The molecule has 1 aromatic heterocycles. The molecule has 1 rings (SSSR count). The summed E-state index contributed by atoms with van der Waals surface area (Å²) in [5.41, 5.74) is 0.235. The molecule has 0 radical (unpaired) electrons. The second kappa shape index (κ2) is 4.06. The van der Waals surface area contributed by atoms with E-state index < -0.39 is 18.1 Å². The highest BCUT2D eigenvalue weighted by Gasteiger charge is 2.25. The molecule has 76 valence electrons. The Kier molecular flexibility index (Phi) is 3.03. The minimum absolute atomic E-state index is 0.235. The van der Waals surface area contributed by atoms with E-state index in [2.05, 4.69) is 0 Å². The Labute approximate surface area is 80.6 Å². The molecule has 0 saturated heterocycles. The average Bonchev–Trinajstić information content (AvgIpc) is 2.51. The van der Waals surface area contributed by atoms with Crippen molar-refractivity contribution in [1.29, 1.82) is 0 Å². The maximum atomic E-state index is 10.8. The number of aliphatic hydroxyl groups is 1. The zero-order chi connectivity index (χ0) is 10.7. The van der Waals surface area contributed by atoms with Gasteiger partial charge in [0.1, 0.15) is 0 Å². The van der Waals surface area contributed by atoms with Gasteiger partial charge in [-0.05, 0) is 19.1 Å². The van der Waals surface area contributed by atoms with Crippen molar-refractivity contribution in [2.24, 2.45) is 0 Å². The van der Waals surface area contributed by atoms with Crippen molar-refractivity contribution < 1.29 is 19.8 Å². The van der Waals surface area contributed by atoms with Gasteiger partial charge in [0.15, 0.2) is 12.3 Å². The Morgan fingerprint density at radius 1 is 1.64 bits per heavy atom. The fraction of sp³-hybridized carbons (Fsp3) is 0.333. The molecule has 0 aliphatic carbocycles. The summed E-state index contributed by atoms with van der Waals surface area (Å²) in [6.07, 6.45) is 0.951. The van der Waals surface area contributed by atoms with E-state index in [1.54, 1.807) is 6.07 Å². The van der Waals surface area contributed by atoms with E-state index >= 15 is 0 Å². The number of carboxylic acids is 1. The Morgan fingerprint density at radius 3 is 2.71 bits per heavy atom. The number of carbonyl (C=O) groups excluding carboxylic acids is 1. The van der Waals surface area contributed by atoms with Crippen LogP contribution in [0.2, 0.25) is 0 Å². The highest BCUT2D eigenvalue weighted by molar-refractivity contribution is 5.77. The van der Waals surface area contributed by atoms with E-state index in [0.29, 0.717) is 6.29 Å². The first-order valence-corrected chi connectivity index (χ1v) is 4.11. The third kappa shape index (κ3) is 1.82. The fourth-order valence-electron chi connectivity index (χ4n) is 1.32. The van der Waals surface area contributed by atoms with Gasteiger partial charge in [-0.25, -0.2) is 4.79 Å². The van der Waals surface area contributed by atoms with E-state index in [-0.39, 0.29) is 5.69 Å². The minimum Gasteiger partial charge on any atom is -0.480 e. The highest BCUT2D eigenvalue weighted by atomic mass is 16.4. The number of rotatable bonds is 4. The Hall–Kier alpha value is -1.62. The number of aliphatic hydroxyl groups excluding tert-OH is 1. The predicted octanol–water partition coefficient (Wildman–Crippen LogP) is 0.307. The lowest BCUT2D eigenvalue weighted by Gasteiger charge is -2.18. The van der Waals surface area contributed by atoms with Crippen LogP contribution in [0.5, 0.6) is 0 Å². The Bertz CT molecular complexity index is 342. The standard InChI is InChI=1S/C9H11NO4/c1-6(12)8(9(13)14)10-4-2-3-7(10)5-11/h2-6,8,12H,1H3,(H,13,14)/t6-,8+/m1/s1. The summed E-state index contributed by atoms with van der Waals surface area (Å²) in [5, 5.41) is 18.1. The van der Waals surface area contributed by atoms with Crippen LogP contribution in [-0.2, 0) is 4.79 Å². The molecule has 0 unspecified atom stereocenters. The second-order valence-corrected chi connectivity index (χ2v) is 2.98. The van der Waals surface area contributed by atoms with Gasteiger partial charge in [-0.3, -0.25) is 4.79 Å². The topological polar surface area (TPSA) is 79.5 Å². The van der Waals surface area contributed by atoms with Crippen molar-refractivity contribution in [3.63, 3.8) is 0 Å². The summed E-state index contributed by atoms with van der Waals surface area (Å²) in [5.74, 6) is -1.17. The SMILES string of the molecule is C[C@@H](O)[C@@H](C(=O)O)n1cccc1C=O. The van der Waals surface area contributed by atoms with Crippen LogP contribution in [0, 0.1) is 0 Å². The van der Waals surface area contributed by atoms with E-state index in [9.17, 15) is 14.7 Å². The largest absolute Gasteiger partial charge is 0.480 e. The number of aldehydes is 1. The van der Waals surface area contributed by atoms with Crippen LogP contribution in [0.25, 0.3) is 0 Å². The van der Waals surface area contributed by atoms with E-state index in [0.717, 1.165) is 0 Å². The van der Waals surface area contributed by atoms with Crippen LogP contribution >= 0.6 is 0 Å². The third-order valence-electron chi connectivity index (χ3n) is 1.94. The molecule has 0 bridgehead atoms. The number of nitrogens with zero attached hydrogens (tertiary/aromatic N) is 1. The average molecular weight is 197 g/mol. The molecule has 2 atom stereocenters. The predicted molar refractivity (Wildman–Crippen MR) is 48.2 cm³/mol. The van der Waals surface area contributed by atoms with Crippen LogP contribution in [0.15, 0.2) is 18.3 Å². The maximum absolute atomic E-state index is 10.8. The number of carbonyl (C=O) groups is 2. The molecule has 1 heterocycles. The van der Waals surface area contributed by atoms with Crippen molar-refractivity contribution in [3.05, 3.63) is 24.0 Å². The zero-order valence-corrected chi connectivity index (χ0v) is 7.62. The molecule has 5 heteroatoms. The summed E-state index contributed by atoms with van der Waals surface area (Å²) in [4.78, 5) is 21.4. The van der Waals surface area contributed by atoms with Gasteiger partial charge in [0.05, 0.1) is 11.8 Å². The normalized spacial score (nSPS) is 14.7. The number of hydrogen-bond acceptors (Lipinski definition) is 3. The van der Waals surface area contributed by atoms with Crippen LogP contribution < -0.4 is 0 Å². The molecule has 0 fully saturated rings. The lowest BCUT2D eigenvalue weighted by atomic mass is 10.2. The van der Waals surface area contributed by atoms with Crippen molar-refractivity contribution in [3.8, 4) is 0 Å². The molecule has 0 saturated carbocycles. The number of hydrogen-bond donors (Lipinski definition) is 2. The van der Waals surface area contributed by atoms with E-state index in [1.807, 2.05) is 0 Å². The summed E-state index contributed by atoms with van der Waals surface area (Å²) in [6, 6.07) is 1.93. The van der Waals surface area contributed by atoms with Crippen molar-refractivity contribution in [1.82, 2.24) is 4.57 Å². The molecule has 0 aromatic carbocycles. The second-order valence-electron chi connectivity index (χ2n) is 2.98. The van der Waals surface area contributed by atoms with E-state index in [1.165, 1.54) is 23.8 Å². The van der Waals surface area contributed by atoms with Gasteiger partial charge < -0.3 is 14.8 Å². The van der Waals surface area contributed by atoms with Gasteiger partial charge in [0.2, 0.25) is 0 Å². The number of aromatic nitrogens is 1. The summed E-state index contributed by atoms with van der Waals surface area (Å²) < 4.78 is 1.24. The molecule has 0 aliphatic heterocycles. The molecule has 5 nitrogen and oxygen atoms in total. The van der Waals surface area contributed by atoms with Crippen LogP contribution in [0.1, 0.15) is 23.5 Å². The van der Waals surface area contributed by atoms with Crippen LogP contribution in [0.3, 0.4) is 0 Å². The van der Waals surface area contributed by atoms with Gasteiger partial charge in [-0.2, -0.15) is 0 Å². The lowest BCUT2D eigenvalue weighted by molar-refractivity contribution is -0.144. The first-order valence-electron chi connectivity index (χ1n) is 4.11. The van der Waals surface area contributed by atoms with Gasteiger partial charge in [0.25, 0.3) is 0 Å². The molecular formula is C9H11NO4. The fourth-order valence-corrected chi connectivity index (χ4v) is 1.32. The van der Waals surface area contributed by atoms with Crippen molar-refractivity contribution >= 4 is 12.3 Å². The van der Waals surface area contributed by atoms with Crippen LogP contribution in [0.4, 0.5) is 0 Å². The highest BCUT2D eigenvalue weighted by Crippen LogP contribution is 2.15. The molecule has 14 heavy (non-hydrogen) atoms. The van der Waals surface area contributed by atoms with Crippen LogP contribution in [-0.4, -0.2) is 33.1 Å². The smallest absolute Gasteiger partial charge is 0.329 e. The zero-order valence-electron chi connectivity index (χ0n) is 7.62. The molecule has 2 N–H and O–H groups in total. The summed E-state index contributed by atoms with van der Waals surface area (Å²) in [6.45, 7) is 1.37. The lowest BCUT2D eigenvalue weighted by Crippen LogP contribution is -2.29. The molecule has 0 amide bonds. The maximum Gasteiger partial charge on any atom is 0.329 e. The Morgan fingerprint density at radius 2 is 2.29 bits per heavy atom. The first kappa shape index (κ1) is 10.5. The number of carboxylic acid groups (broad SMARTS) is 1. The monoisotopic (exact) mass is 197 g/mol. The molecular weight excluding hydrogens is 186 g/mol. The third-order valence-corrected chi connectivity index (χ3v) is 1.94. The number of aliphatic carboxylic acids is 1. The van der Waals surface area contributed by atoms with Gasteiger partial charge >= 0.3 is 5.97 Å². The first-order chi connectivity index (χ1) is 6.57. The Balaban J connectivity index is 3.11. The van der Waals surface area contributed by atoms with E-state index in [4.69, 9.17) is 5.11 Å². The molecule has 0 spiro atoms. The van der Waals surface area contributed by atoms with Gasteiger partial charge in [-0.15, -0.1) is 0 Å². The molecule has 0 aliphatic rings. The van der Waals surface area contributed by atoms with Gasteiger partial charge in [-0.1, -0.05) is 0 Å².